The Kier molecular flexibility index (Phi) is 9.43. The monoisotopic (exact) mass is 364 g/mol. The van der Waals surface area contributed by atoms with Crippen LogP contribution in [0.3, 0.4) is 0 Å². The molecule has 0 aromatic rings. The highest BCUT2D eigenvalue weighted by molar-refractivity contribution is 7.47. The highest BCUT2D eigenvalue weighted by Crippen LogP contribution is 2.45. The van der Waals surface area contributed by atoms with E-state index < -0.39 is 26.0 Å². The quantitative estimate of drug-likeness (QED) is 0.480. The first-order chi connectivity index (χ1) is 11.3. The SMILES string of the molecule is [B][C@@H]1OCC(OC)[C@@H]1OC.[B][C@@H]1OCC(OC)[C@@H]1OP(=O)(O)OC. The predicted molar refractivity (Wildman–Crippen MR) is 85.1 cm³/mol. The van der Waals surface area contributed by atoms with Crippen molar-refractivity contribution in [1.82, 2.24) is 0 Å². The molecule has 0 bridgehead atoms. The van der Waals surface area contributed by atoms with Gasteiger partial charge in [-0.15, -0.1) is 0 Å². The molecule has 0 amide bonds. The van der Waals surface area contributed by atoms with Crippen LogP contribution in [-0.4, -0.2) is 98.7 Å². The zero-order valence-electron chi connectivity index (χ0n) is 14.2. The third kappa shape index (κ3) is 6.09. The van der Waals surface area contributed by atoms with E-state index in [-0.39, 0.29) is 24.8 Å². The third-order valence-electron chi connectivity index (χ3n) is 3.65. The summed E-state index contributed by atoms with van der Waals surface area (Å²) in [4.78, 5) is 9.06. The first-order valence-corrected chi connectivity index (χ1v) is 8.68. The average molecular weight is 364 g/mol. The van der Waals surface area contributed by atoms with Gasteiger partial charge in [0, 0.05) is 40.4 Å². The van der Waals surface area contributed by atoms with E-state index in [2.05, 4.69) is 4.52 Å². The van der Waals surface area contributed by atoms with Crippen LogP contribution in [0.25, 0.3) is 0 Å². The zero-order valence-corrected chi connectivity index (χ0v) is 15.1. The van der Waals surface area contributed by atoms with Gasteiger partial charge >= 0.3 is 7.82 Å². The topological polar surface area (TPSA) is 102 Å². The Balaban J connectivity index is 0.000000254. The minimum Gasteiger partial charge on any atom is -0.382 e. The molecule has 12 heteroatoms. The van der Waals surface area contributed by atoms with Crippen LogP contribution in [0.15, 0.2) is 0 Å². The van der Waals surface area contributed by atoms with Gasteiger partial charge in [-0.25, -0.2) is 4.57 Å². The van der Waals surface area contributed by atoms with Crippen LogP contribution in [0.5, 0.6) is 0 Å². The van der Waals surface area contributed by atoms with Crippen molar-refractivity contribution >= 4 is 23.5 Å². The number of hydrogen-bond acceptors (Lipinski definition) is 8. The van der Waals surface area contributed by atoms with Crippen molar-refractivity contribution in [2.24, 2.45) is 0 Å². The largest absolute Gasteiger partial charge is 0.472 e. The summed E-state index contributed by atoms with van der Waals surface area (Å²) in [6.07, 6.45) is -1.39. The number of ether oxygens (including phenoxy) is 5. The third-order valence-corrected chi connectivity index (χ3v) is 4.62. The zero-order chi connectivity index (χ0) is 18.3. The van der Waals surface area contributed by atoms with Crippen LogP contribution in [0, 0.1) is 0 Å². The standard InChI is InChI=1S/C6H12BO6P.C6H11BO3/c1-10-4-3-12-6(7)5(4)13-14(8,9)11-2;1-8-4-3-10-6(7)5(4)9-2/h4-6H,3H2,1-2H3,(H,8,9);4-6H,3H2,1-2H3/t2*4?,5-,6+/m00/s1. The molecule has 2 saturated heterocycles. The Labute approximate surface area is 144 Å². The molecule has 1 N–H and O–H groups in total. The number of hydrogen-bond donors (Lipinski definition) is 1. The van der Waals surface area contributed by atoms with Crippen LogP contribution in [-0.2, 0) is 37.3 Å². The Morgan fingerprint density at radius 1 is 0.917 bits per heavy atom. The molecule has 2 heterocycles. The lowest BCUT2D eigenvalue weighted by atomic mass is 9.94. The van der Waals surface area contributed by atoms with Gasteiger partial charge < -0.3 is 28.6 Å². The van der Waals surface area contributed by atoms with Gasteiger partial charge in [-0.3, -0.25) is 9.05 Å². The van der Waals surface area contributed by atoms with Crippen molar-refractivity contribution < 1.29 is 42.2 Å². The number of phosphoric ester groups is 1. The van der Waals surface area contributed by atoms with Gasteiger partial charge in [-0.05, 0) is 0 Å². The molecule has 2 aliphatic rings. The Bertz CT molecular complexity index is 416. The second kappa shape index (κ2) is 10.3. The Morgan fingerprint density at radius 3 is 1.75 bits per heavy atom. The molecular weight excluding hydrogens is 341 g/mol. The average Bonchev–Trinajstić information content (AvgIpc) is 3.10. The van der Waals surface area contributed by atoms with Crippen molar-refractivity contribution in [3.8, 4) is 0 Å². The van der Waals surface area contributed by atoms with E-state index in [4.69, 9.17) is 48.8 Å². The van der Waals surface area contributed by atoms with E-state index in [1.807, 2.05) is 0 Å². The molecular formula is C12H23B2O9P. The van der Waals surface area contributed by atoms with Crippen molar-refractivity contribution in [2.75, 3.05) is 41.7 Å². The summed E-state index contributed by atoms with van der Waals surface area (Å²) in [6, 6.07) is -1.12. The fraction of sp³-hybridized carbons (Fsp3) is 1.00. The summed E-state index contributed by atoms with van der Waals surface area (Å²) in [5, 5.41) is 0. The second-order valence-corrected chi connectivity index (χ2v) is 6.58. The van der Waals surface area contributed by atoms with E-state index in [0.29, 0.717) is 6.61 Å². The van der Waals surface area contributed by atoms with Gasteiger partial charge in [0.1, 0.15) is 40.1 Å². The minimum absolute atomic E-state index is 0.0139. The van der Waals surface area contributed by atoms with Gasteiger partial charge in [0.15, 0.2) is 0 Å². The van der Waals surface area contributed by atoms with Crippen molar-refractivity contribution in [2.45, 2.75) is 36.4 Å². The molecule has 136 valence electrons. The lowest BCUT2D eigenvalue weighted by Crippen LogP contribution is -2.34. The van der Waals surface area contributed by atoms with E-state index in [9.17, 15) is 4.57 Å². The number of methoxy groups -OCH3 is 3. The summed E-state index contributed by atoms with van der Waals surface area (Å²) in [6.45, 7) is 0.752. The molecule has 0 aliphatic carbocycles. The summed E-state index contributed by atoms with van der Waals surface area (Å²) in [7, 11) is 12.7. The Hall–Kier alpha value is 0.0399. The summed E-state index contributed by atoms with van der Waals surface area (Å²) in [5.74, 6) is 0. The van der Waals surface area contributed by atoms with Crippen molar-refractivity contribution in [1.29, 1.82) is 0 Å². The molecule has 2 fully saturated rings. The van der Waals surface area contributed by atoms with E-state index in [1.165, 1.54) is 7.11 Å². The van der Waals surface area contributed by atoms with Crippen molar-refractivity contribution in [3.05, 3.63) is 0 Å². The molecule has 9 nitrogen and oxygen atoms in total. The van der Waals surface area contributed by atoms with Crippen LogP contribution < -0.4 is 0 Å². The number of phosphoric acid groups is 1. The minimum atomic E-state index is -4.05. The maximum Gasteiger partial charge on any atom is 0.472 e. The number of rotatable bonds is 6. The summed E-state index contributed by atoms with van der Waals surface area (Å²) >= 11 is 0. The lowest BCUT2D eigenvalue weighted by Gasteiger charge is -2.21. The highest BCUT2D eigenvalue weighted by Gasteiger charge is 2.40. The molecule has 3 unspecified atom stereocenters. The molecule has 0 spiro atoms. The fourth-order valence-corrected chi connectivity index (χ4v) is 2.88. The van der Waals surface area contributed by atoms with Crippen LogP contribution in [0.2, 0.25) is 0 Å². The maximum atomic E-state index is 11.1. The molecule has 4 radical (unpaired) electrons. The van der Waals surface area contributed by atoms with Crippen molar-refractivity contribution in [3.63, 3.8) is 0 Å². The Morgan fingerprint density at radius 2 is 1.38 bits per heavy atom. The molecule has 2 rings (SSSR count). The van der Waals surface area contributed by atoms with Gasteiger partial charge in [-0.1, -0.05) is 0 Å². The predicted octanol–water partition coefficient (Wildman–Crippen LogP) is -0.801. The van der Waals surface area contributed by atoms with E-state index >= 15 is 0 Å². The fourth-order valence-electron chi connectivity index (χ4n) is 2.23. The molecule has 0 saturated carbocycles. The molecule has 2 aliphatic heterocycles. The molecule has 7 atom stereocenters. The lowest BCUT2D eigenvalue weighted by molar-refractivity contribution is -0.00967. The van der Waals surface area contributed by atoms with Gasteiger partial charge in [0.25, 0.3) is 0 Å². The maximum absolute atomic E-state index is 11.1. The van der Waals surface area contributed by atoms with Gasteiger partial charge in [0.2, 0.25) is 0 Å². The van der Waals surface area contributed by atoms with Crippen LogP contribution in [0.1, 0.15) is 0 Å². The highest BCUT2D eigenvalue weighted by atomic mass is 31.2. The summed E-state index contributed by atoms with van der Waals surface area (Å²) in [5.41, 5.74) is 0. The van der Waals surface area contributed by atoms with E-state index in [0.717, 1.165) is 7.11 Å². The van der Waals surface area contributed by atoms with Gasteiger partial charge in [-0.2, -0.15) is 0 Å². The smallest absolute Gasteiger partial charge is 0.382 e. The molecule has 0 aromatic carbocycles. The first kappa shape index (κ1) is 22.1. The van der Waals surface area contributed by atoms with Crippen LogP contribution in [0.4, 0.5) is 0 Å². The molecule has 24 heavy (non-hydrogen) atoms. The van der Waals surface area contributed by atoms with Gasteiger partial charge in [0.05, 0.1) is 13.2 Å². The second-order valence-electron chi connectivity index (χ2n) is 5.07. The molecule has 0 aromatic heterocycles. The normalized spacial score (nSPS) is 38.4. The first-order valence-electron chi connectivity index (χ1n) is 7.19. The summed E-state index contributed by atoms with van der Waals surface area (Å²) < 4.78 is 45.3. The van der Waals surface area contributed by atoms with E-state index in [1.54, 1.807) is 14.2 Å². The van der Waals surface area contributed by atoms with Crippen LogP contribution >= 0.6 is 7.82 Å².